The summed E-state index contributed by atoms with van der Waals surface area (Å²) in [5, 5.41) is 2.82. The molecular weight excluding hydrogens is 358 g/mol. The summed E-state index contributed by atoms with van der Waals surface area (Å²) in [6.07, 6.45) is 2.33. The number of hydrogen-bond donors (Lipinski definition) is 2. The molecule has 0 saturated carbocycles. The van der Waals surface area contributed by atoms with Gasteiger partial charge in [0.05, 0.1) is 10.9 Å². The number of aromatic amines is 1. The third-order valence-corrected chi connectivity index (χ3v) is 4.40. The maximum atomic E-state index is 13.0. The predicted octanol–water partition coefficient (Wildman–Crippen LogP) is 2.57. The van der Waals surface area contributed by atoms with Gasteiger partial charge in [0, 0.05) is 18.4 Å². The van der Waals surface area contributed by atoms with Gasteiger partial charge in [-0.05, 0) is 37.0 Å². The Morgan fingerprint density at radius 2 is 2.04 bits per heavy atom. The smallest absolute Gasteiger partial charge is 0.307 e. The molecule has 1 amide bonds. The number of nitrogens with one attached hydrogen (secondary N) is 2. The van der Waals surface area contributed by atoms with E-state index in [0.717, 1.165) is 5.56 Å². The Morgan fingerprint density at radius 3 is 2.64 bits per heavy atom. The third kappa shape index (κ3) is 3.71. The first-order valence-electron chi connectivity index (χ1n) is 9.23. The highest BCUT2D eigenvalue weighted by atomic mass is 16.2. The molecule has 0 spiro atoms. The van der Waals surface area contributed by atoms with Gasteiger partial charge in [-0.15, -0.1) is 0 Å². The average molecular weight is 381 g/mol. The van der Waals surface area contributed by atoms with Crippen LogP contribution in [-0.4, -0.2) is 25.4 Å². The fourth-order valence-electron chi connectivity index (χ4n) is 2.92. The van der Waals surface area contributed by atoms with Gasteiger partial charge >= 0.3 is 5.69 Å². The Kier molecular flexibility index (Phi) is 5.39. The van der Waals surface area contributed by atoms with Crippen molar-refractivity contribution < 1.29 is 4.79 Å². The summed E-state index contributed by atoms with van der Waals surface area (Å²) in [6, 6.07) is 5.13. The minimum atomic E-state index is -0.628. The number of fused-ring (bicyclic) bond motifs is 1. The SMILES string of the molecule is CCCn1c(=O)[nH]c(=O)c2c(C(=O)Nc3ccc(C)cn3)cc(C(C)C)nc21. The van der Waals surface area contributed by atoms with Gasteiger partial charge in [0.15, 0.2) is 5.65 Å². The van der Waals surface area contributed by atoms with E-state index >= 15 is 0 Å². The van der Waals surface area contributed by atoms with Gasteiger partial charge in [0.1, 0.15) is 5.82 Å². The van der Waals surface area contributed by atoms with E-state index in [1.807, 2.05) is 33.8 Å². The number of anilines is 1. The summed E-state index contributed by atoms with van der Waals surface area (Å²) in [7, 11) is 0. The first-order chi connectivity index (χ1) is 13.3. The lowest BCUT2D eigenvalue weighted by atomic mass is 10.0. The number of carbonyl (C=O) groups excluding carboxylic acids is 1. The zero-order chi connectivity index (χ0) is 20.4. The molecule has 0 bridgehead atoms. The molecule has 0 aliphatic carbocycles. The van der Waals surface area contributed by atoms with Crippen LogP contribution in [0.5, 0.6) is 0 Å². The van der Waals surface area contributed by atoms with Crippen LogP contribution in [0.25, 0.3) is 11.0 Å². The zero-order valence-corrected chi connectivity index (χ0v) is 16.4. The molecule has 0 fully saturated rings. The number of aromatic nitrogens is 4. The molecule has 0 aliphatic heterocycles. The molecule has 3 aromatic rings. The van der Waals surface area contributed by atoms with E-state index < -0.39 is 17.2 Å². The molecule has 2 N–H and O–H groups in total. The van der Waals surface area contributed by atoms with Crippen molar-refractivity contribution in [1.82, 2.24) is 19.5 Å². The number of H-pyrrole nitrogens is 1. The first-order valence-corrected chi connectivity index (χ1v) is 9.23. The van der Waals surface area contributed by atoms with Gasteiger partial charge in [-0.25, -0.2) is 14.8 Å². The Hall–Kier alpha value is -3.29. The second-order valence-electron chi connectivity index (χ2n) is 7.03. The van der Waals surface area contributed by atoms with Crippen molar-refractivity contribution in [3.63, 3.8) is 0 Å². The number of aryl methyl sites for hydroxylation is 2. The summed E-state index contributed by atoms with van der Waals surface area (Å²) in [6.45, 7) is 8.09. The molecule has 0 radical (unpaired) electrons. The molecule has 0 aliphatic rings. The number of hydrogen-bond acceptors (Lipinski definition) is 5. The summed E-state index contributed by atoms with van der Waals surface area (Å²) < 4.78 is 1.41. The topological polar surface area (TPSA) is 110 Å². The summed E-state index contributed by atoms with van der Waals surface area (Å²) in [5.41, 5.74) is 0.835. The van der Waals surface area contributed by atoms with Crippen molar-refractivity contribution >= 4 is 22.8 Å². The summed E-state index contributed by atoms with van der Waals surface area (Å²) >= 11 is 0. The molecule has 3 heterocycles. The van der Waals surface area contributed by atoms with Crippen LogP contribution in [0.1, 0.15) is 54.7 Å². The molecule has 0 atom stereocenters. The van der Waals surface area contributed by atoms with Crippen LogP contribution in [0.2, 0.25) is 0 Å². The van der Waals surface area contributed by atoms with E-state index in [4.69, 9.17) is 0 Å². The number of carbonyl (C=O) groups is 1. The first kappa shape index (κ1) is 19.5. The van der Waals surface area contributed by atoms with Gasteiger partial charge in [-0.2, -0.15) is 0 Å². The van der Waals surface area contributed by atoms with Crippen molar-refractivity contribution in [2.45, 2.75) is 46.6 Å². The minimum absolute atomic E-state index is 0.0120. The van der Waals surface area contributed by atoms with Gasteiger partial charge < -0.3 is 5.32 Å². The van der Waals surface area contributed by atoms with E-state index in [1.54, 1.807) is 18.3 Å². The molecule has 0 saturated heterocycles. The van der Waals surface area contributed by atoms with E-state index in [9.17, 15) is 14.4 Å². The lowest BCUT2D eigenvalue weighted by molar-refractivity contribution is 0.102. The summed E-state index contributed by atoms with van der Waals surface area (Å²) in [5.74, 6) is -0.0827. The molecule has 0 unspecified atom stereocenters. The van der Waals surface area contributed by atoms with Crippen LogP contribution >= 0.6 is 0 Å². The molecule has 3 aromatic heterocycles. The fraction of sp³-hybridized carbons (Fsp3) is 0.350. The predicted molar refractivity (Wildman–Crippen MR) is 108 cm³/mol. The number of rotatable bonds is 5. The number of amides is 1. The van der Waals surface area contributed by atoms with Gasteiger partial charge in [0.25, 0.3) is 11.5 Å². The molecule has 8 heteroatoms. The second-order valence-corrected chi connectivity index (χ2v) is 7.03. The van der Waals surface area contributed by atoms with Crippen LogP contribution in [-0.2, 0) is 6.54 Å². The van der Waals surface area contributed by atoms with Crippen LogP contribution in [0.3, 0.4) is 0 Å². The van der Waals surface area contributed by atoms with Crippen LogP contribution in [0.15, 0.2) is 34.0 Å². The van der Waals surface area contributed by atoms with Gasteiger partial charge in [0.2, 0.25) is 0 Å². The lowest BCUT2D eigenvalue weighted by Crippen LogP contribution is -2.32. The lowest BCUT2D eigenvalue weighted by Gasteiger charge is -2.14. The largest absolute Gasteiger partial charge is 0.329 e. The highest BCUT2D eigenvalue weighted by Crippen LogP contribution is 2.21. The van der Waals surface area contributed by atoms with Crippen molar-refractivity contribution in [3.8, 4) is 0 Å². The number of nitrogens with zero attached hydrogens (tertiary/aromatic N) is 3. The minimum Gasteiger partial charge on any atom is -0.307 e. The monoisotopic (exact) mass is 381 g/mol. The Balaban J connectivity index is 2.23. The van der Waals surface area contributed by atoms with Gasteiger partial charge in [-0.3, -0.25) is 19.1 Å². The standard InChI is InChI=1S/C20H23N5O3/c1-5-8-25-17-16(19(27)24-20(25)28)13(9-14(22-17)11(2)3)18(26)23-15-7-6-12(4)10-21-15/h6-7,9-11H,5,8H2,1-4H3,(H,21,23,26)(H,24,27,28). The van der Waals surface area contributed by atoms with E-state index in [1.165, 1.54) is 4.57 Å². The normalized spacial score (nSPS) is 11.2. The highest BCUT2D eigenvalue weighted by molar-refractivity contribution is 6.11. The van der Waals surface area contributed by atoms with E-state index in [-0.39, 0.29) is 22.5 Å². The Morgan fingerprint density at radius 1 is 1.29 bits per heavy atom. The Labute approximate surface area is 161 Å². The number of pyridine rings is 2. The van der Waals surface area contributed by atoms with Crippen LogP contribution in [0, 0.1) is 6.92 Å². The van der Waals surface area contributed by atoms with Crippen molar-refractivity contribution in [2.24, 2.45) is 0 Å². The average Bonchev–Trinajstić information content (AvgIpc) is 2.65. The zero-order valence-electron chi connectivity index (χ0n) is 16.4. The molecule has 146 valence electrons. The molecule has 0 aromatic carbocycles. The molecule has 3 rings (SSSR count). The maximum absolute atomic E-state index is 13.0. The Bertz CT molecular complexity index is 1140. The summed E-state index contributed by atoms with van der Waals surface area (Å²) in [4.78, 5) is 48.8. The quantitative estimate of drug-likeness (QED) is 0.706. The molecular formula is C20H23N5O3. The third-order valence-electron chi connectivity index (χ3n) is 4.40. The maximum Gasteiger partial charge on any atom is 0.329 e. The van der Waals surface area contributed by atoms with Crippen molar-refractivity contribution in [1.29, 1.82) is 0 Å². The fourth-order valence-corrected chi connectivity index (χ4v) is 2.92. The van der Waals surface area contributed by atoms with Crippen molar-refractivity contribution in [3.05, 3.63) is 62.1 Å². The molecule has 28 heavy (non-hydrogen) atoms. The van der Waals surface area contributed by atoms with Crippen molar-refractivity contribution in [2.75, 3.05) is 5.32 Å². The van der Waals surface area contributed by atoms with Gasteiger partial charge in [-0.1, -0.05) is 26.8 Å². The van der Waals surface area contributed by atoms with Crippen LogP contribution in [0.4, 0.5) is 5.82 Å². The molecule has 8 nitrogen and oxygen atoms in total. The van der Waals surface area contributed by atoms with Crippen LogP contribution < -0.4 is 16.6 Å². The highest BCUT2D eigenvalue weighted by Gasteiger charge is 2.20. The van der Waals surface area contributed by atoms with E-state index in [2.05, 4.69) is 20.3 Å². The van der Waals surface area contributed by atoms with E-state index in [0.29, 0.717) is 24.5 Å². The second kappa shape index (κ2) is 7.75.